The molecule has 0 bridgehead atoms. The first kappa shape index (κ1) is 18.0. The fraction of sp³-hybridized carbons (Fsp3) is 0.0526. The second-order valence-electron chi connectivity index (χ2n) is 5.64. The Morgan fingerprint density at radius 3 is 2.41 bits per heavy atom. The zero-order valence-electron chi connectivity index (χ0n) is 14.0. The highest BCUT2D eigenvalue weighted by Crippen LogP contribution is 2.33. The quantitative estimate of drug-likeness (QED) is 0.418. The minimum Gasteiger partial charge on any atom is -0.297 e. The summed E-state index contributed by atoms with van der Waals surface area (Å²) in [6.07, 6.45) is 3.40. The van der Waals surface area contributed by atoms with Gasteiger partial charge in [0.15, 0.2) is 16.1 Å². The Kier molecular flexibility index (Phi) is 5.38. The van der Waals surface area contributed by atoms with Crippen LogP contribution in [0.5, 0.6) is 0 Å². The van der Waals surface area contributed by atoms with E-state index >= 15 is 0 Å². The van der Waals surface area contributed by atoms with E-state index in [9.17, 15) is 0 Å². The van der Waals surface area contributed by atoms with Gasteiger partial charge in [-0.05, 0) is 41.6 Å². The highest BCUT2D eigenvalue weighted by Gasteiger charge is 2.18. The number of aromatic nitrogens is 5. The third kappa shape index (κ3) is 4.13. The highest BCUT2D eigenvalue weighted by atomic mass is 35.5. The average molecular weight is 414 g/mol. The zero-order valence-corrected chi connectivity index (χ0v) is 16.3. The normalized spacial score (nSPS) is 10.9. The van der Waals surface area contributed by atoms with Crippen molar-refractivity contribution in [2.45, 2.75) is 16.9 Å². The molecule has 0 amide bonds. The summed E-state index contributed by atoms with van der Waals surface area (Å²) in [5, 5.41) is 11.1. The number of hydrogen-bond acceptors (Lipinski definition) is 5. The molecule has 0 unspecified atom stereocenters. The summed E-state index contributed by atoms with van der Waals surface area (Å²) >= 11 is 13.8. The van der Waals surface area contributed by atoms with Gasteiger partial charge in [0.2, 0.25) is 0 Å². The summed E-state index contributed by atoms with van der Waals surface area (Å²) in [6.45, 7) is 0.595. The van der Waals surface area contributed by atoms with Crippen LogP contribution in [0.25, 0.3) is 11.4 Å². The van der Waals surface area contributed by atoms with Crippen molar-refractivity contribution < 1.29 is 0 Å². The van der Waals surface area contributed by atoms with Crippen LogP contribution in [0.2, 0.25) is 10.0 Å². The van der Waals surface area contributed by atoms with Crippen LogP contribution < -0.4 is 0 Å². The molecule has 4 rings (SSSR count). The smallest absolute Gasteiger partial charge is 0.199 e. The Bertz CT molecular complexity index is 1050. The van der Waals surface area contributed by atoms with Gasteiger partial charge in [0, 0.05) is 23.0 Å². The predicted octanol–water partition coefficient (Wildman–Crippen LogP) is 5.24. The minimum atomic E-state index is 0.525. The lowest BCUT2D eigenvalue weighted by Gasteiger charge is -2.11. The van der Waals surface area contributed by atoms with Crippen molar-refractivity contribution in [3.63, 3.8) is 0 Å². The van der Waals surface area contributed by atoms with Gasteiger partial charge in [0.25, 0.3) is 0 Å². The molecule has 0 fully saturated rings. The lowest BCUT2D eigenvalue weighted by molar-refractivity contribution is 0.712. The van der Waals surface area contributed by atoms with E-state index in [0.717, 1.165) is 11.1 Å². The third-order valence-corrected chi connectivity index (χ3v) is 5.22. The Morgan fingerprint density at radius 1 is 0.889 bits per heavy atom. The van der Waals surface area contributed by atoms with Gasteiger partial charge >= 0.3 is 0 Å². The first-order chi connectivity index (χ1) is 13.2. The molecular formula is C19H13Cl2N5S. The Morgan fingerprint density at radius 2 is 1.67 bits per heavy atom. The summed E-state index contributed by atoms with van der Waals surface area (Å²) in [5.41, 5.74) is 1.89. The van der Waals surface area contributed by atoms with E-state index in [4.69, 9.17) is 23.2 Å². The molecular weight excluding hydrogens is 401 g/mol. The molecule has 2 aromatic heterocycles. The van der Waals surface area contributed by atoms with Crippen molar-refractivity contribution in [1.29, 1.82) is 0 Å². The predicted molar refractivity (Wildman–Crippen MR) is 107 cm³/mol. The maximum atomic E-state index is 6.41. The second kappa shape index (κ2) is 8.08. The van der Waals surface area contributed by atoms with Crippen LogP contribution in [0.1, 0.15) is 5.56 Å². The molecule has 0 aliphatic rings. The number of rotatable bonds is 5. The Labute approximate surface area is 170 Å². The van der Waals surface area contributed by atoms with Crippen molar-refractivity contribution >= 4 is 35.0 Å². The zero-order chi connectivity index (χ0) is 18.6. The third-order valence-electron chi connectivity index (χ3n) is 3.80. The molecule has 0 aliphatic carbocycles. The molecule has 2 heterocycles. The summed E-state index contributed by atoms with van der Waals surface area (Å²) < 4.78 is 2.01. The molecule has 8 heteroatoms. The summed E-state index contributed by atoms with van der Waals surface area (Å²) in [5.74, 6) is 0.666. The van der Waals surface area contributed by atoms with Crippen molar-refractivity contribution in [2.24, 2.45) is 0 Å². The topological polar surface area (TPSA) is 56.5 Å². The first-order valence-electron chi connectivity index (χ1n) is 8.08. The van der Waals surface area contributed by atoms with Gasteiger partial charge in [0.1, 0.15) is 0 Å². The van der Waals surface area contributed by atoms with Crippen molar-refractivity contribution in [3.8, 4) is 11.4 Å². The van der Waals surface area contributed by atoms with Gasteiger partial charge in [-0.2, -0.15) is 0 Å². The van der Waals surface area contributed by atoms with Crippen molar-refractivity contribution in [2.75, 3.05) is 0 Å². The average Bonchev–Trinajstić information content (AvgIpc) is 3.05. The van der Waals surface area contributed by atoms with E-state index in [0.29, 0.717) is 32.7 Å². The van der Waals surface area contributed by atoms with Crippen LogP contribution in [0.4, 0.5) is 0 Å². The molecule has 134 valence electrons. The van der Waals surface area contributed by atoms with E-state index in [1.807, 2.05) is 28.8 Å². The maximum absolute atomic E-state index is 6.41. The maximum Gasteiger partial charge on any atom is 0.199 e. The second-order valence-corrected chi connectivity index (χ2v) is 7.41. The van der Waals surface area contributed by atoms with Crippen LogP contribution in [0, 0.1) is 0 Å². The monoisotopic (exact) mass is 413 g/mol. The summed E-state index contributed by atoms with van der Waals surface area (Å²) in [6, 6.07) is 17.2. The van der Waals surface area contributed by atoms with Gasteiger partial charge in [-0.3, -0.25) is 4.57 Å². The van der Waals surface area contributed by atoms with Crippen LogP contribution in [0.3, 0.4) is 0 Å². The number of hydrogen-bond donors (Lipinski definition) is 0. The first-order valence-corrected chi connectivity index (χ1v) is 9.65. The minimum absolute atomic E-state index is 0.525. The number of halogens is 2. The van der Waals surface area contributed by atoms with E-state index in [1.165, 1.54) is 11.8 Å². The van der Waals surface area contributed by atoms with Crippen molar-refractivity contribution in [1.82, 2.24) is 24.7 Å². The van der Waals surface area contributed by atoms with Gasteiger partial charge in [0.05, 0.1) is 11.6 Å². The molecule has 0 atom stereocenters. The standard InChI is InChI=1S/C19H13Cl2N5S/c20-14-7-8-15(16(21)11-14)17-24-25-19(27-18-22-9-4-10-23-18)26(17)12-13-5-2-1-3-6-13/h1-11H,12H2. The van der Waals surface area contributed by atoms with Crippen LogP contribution in [0.15, 0.2) is 77.3 Å². The van der Waals surface area contributed by atoms with E-state index in [1.54, 1.807) is 30.6 Å². The van der Waals surface area contributed by atoms with Crippen LogP contribution in [-0.2, 0) is 6.54 Å². The molecule has 0 N–H and O–H groups in total. The molecule has 4 aromatic rings. The summed E-state index contributed by atoms with van der Waals surface area (Å²) in [7, 11) is 0. The van der Waals surface area contributed by atoms with Gasteiger partial charge < -0.3 is 0 Å². The Hall–Kier alpha value is -2.41. The molecule has 0 radical (unpaired) electrons. The van der Waals surface area contributed by atoms with E-state index in [2.05, 4.69) is 32.3 Å². The SMILES string of the molecule is Clc1ccc(-c2nnc(Sc3ncccn3)n2Cc2ccccc2)c(Cl)c1. The molecule has 27 heavy (non-hydrogen) atoms. The van der Waals surface area contributed by atoms with Gasteiger partial charge in [-0.25, -0.2) is 9.97 Å². The molecule has 0 saturated heterocycles. The van der Waals surface area contributed by atoms with Crippen molar-refractivity contribution in [3.05, 3.63) is 82.6 Å². The van der Waals surface area contributed by atoms with Gasteiger partial charge in [-0.15, -0.1) is 10.2 Å². The number of nitrogens with zero attached hydrogens (tertiary/aromatic N) is 5. The molecule has 5 nitrogen and oxygen atoms in total. The largest absolute Gasteiger partial charge is 0.297 e. The summed E-state index contributed by atoms with van der Waals surface area (Å²) in [4.78, 5) is 8.52. The highest BCUT2D eigenvalue weighted by molar-refractivity contribution is 7.99. The van der Waals surface area contributed by atoms with E-state index in [-0.39, 0.29) is 0 Å². The van der Waals surface area contributed by atoms with Crippen LogP contribution >= 0.6 is 35.0 Å². The molecule has 0 saturated carbocycles. The Balaban J connectivity index is 1.78. The van der Waals surface area contributed by atoms with E-state index < -0.39 is 0 Å². The lowest BCUT2D eigenvalue weighted by atomic mass is 10.2. The molecule has 2 aromatic carbocycles. The molecule has 0 aliphatic heterocycles. The van der Waals surface area contributed by atoms with Crippen LogP contribution in [-0.4, -0.2) is 24.7 Å². The number of benzene rings is 2. The fourth-order valence-corrected chi connectivity index (χ4v) is 3.79. The lowest BCUT2D eigenvalue weighted by Crippen LogP contribution is -2.04. The van der Waals surface area contributed by atoms with Gasteiger partial charge in [-0.1, -0.05) is 53.5 Å². The molecule has 0 spiro atoms. The fourth-order valence-electron chi connectivity index (χ4n) is 2.56.